The second-order valence-corrected chi connectivity index (χ2v) is 15.6. The third-order valence-electron chi connectivity index (χ3n) is 10.3. The number of hydrogen-bond donors (Lipinski definition) is 3. The number of methoxy groups -OCH3 is 2. The highest BCUT2D eigenvalue weighted by atomic mass is 16.6. The van der Waals surface area contributed by atoms with Gasteiger partial charge in [0.05, 0.1) is 77.3 Å². The number of benzene rings is 2. The number of anilines is 1. The Kier molecular flexibility index (Phi) is 13.7. The van der Waals surface area contributed by atoms with Gasteiger partial charge in [-0.1, -0.05) is 18.2 Å². The zero-order valence-electron chi connectivity index (χ0n) is 33.6. The summed E-state index contributed by atoms with van der Waals surface area (Å²) in [6.07, 6.45) is 2.95. The molecule has 2 aliphatic rings. The van der Waals surface area contributed by atoms with Gasteiger partial charge in [-0.05, 0) is 63.4 Å². The fraction of sp³-hybridized carbons (Fsp3) is 0.488. The maximum atomic E-state index is 13.4. The Morgan fingerprint density at radius 3 is 2.37 bits per heavy atom. The van der Waals surface area contributed by atoms with Gasteiger partial charge in [0.25, 0.3) is 11.8 Å². The molecule has 5 rings (SSSR count). The van der Waals surface area contributed by atoms with Gasteiger partial charge >= 0.3 is 6.09 Å². The highest BCUT2D eigenvalue weighted by Crippen LogP contribution is 2.28. The van der Waals surface area contributed by atoms with E-state index in [9.17, 15) is 28.8 Å². The number of hydrogen-bond acceptors (Lipinski definition) is 10. The van der Waals surface area contributed by atoms with E-state index >= 15 is 0 Å². The largest absolute Gasteiger partial charge is 0.493 e. The summed E-state index contributed by atoms with van der Waals surface area (Å²) >= 11 is 0. The van der Waals surface area contributed by atoms with Crippen molar-refractivity contribution in [2.45, 2.75) is 64.6 Å². The quantitative estimate of drug-likeness (QED) is 0.162. The van der Waals surface area contributed by atoms with Crippen LogP contribution in [-0.2, 0) is 30.5 Å². The Labute approximate surface area is 332 Å². The van der Waals surface area contributed by atoms with Gasteiger partial charge in [-0.15, -0.1) is 0 Å². The zero-order chi connectivity index (χ0) is 41.3. The summed E-state index contributed by atoms with van der Waals surface area (Å²) in [6, 6.07) is 10.9. The van der Waals surface area contributed by atoms with Crippen molar-refractivity contribution in [1.29, 1.82) is 0 Å². The fourth-order valence-corrected chi connectivity index (χ4v) is 7.09. The number of carbonyl (C=O) groups excluding carboxylic acids is 6. The molecular weight excluding hydrogens is 734 g/mol. The number of pyridine rings is 1. The first kappa shape index (κ1) is 42.4. The van der Waals surface area contributed by atoms with Gasteiger partial charge in [0.2, 0.25) is 17.6 Å². The number of Topliss-reactive ketones (excluding diaryl/α,β-unsaturated/α-hetero) is 1. The van der Waals surface area contributed by atoms with E-state index in [0.717, 1.165) is 24.1 Å². The number of ether oxygens (including phenoxy) is 3. The highest BCUT2D eigenvalue weighted by Gasteiger charge is 2.37. The molecule has 16 heteroatoms. The molecule has 16 nitrogen and oxygen atoms in total. The van der Waals surface area contributed by atoms with E-state index in [1.54, 1.807) is 41.3 Å². The summed E-state index contributed by atoms with van der Waals surface area (Å²) in [5.74, 6) is -1.72. The number of fused-ring (bicyclic) bond motifs is 1. The van der Waals surface area contributed by atoms with Crippen molar-refractivity contribution >= 4 is 52.1 Å². The normalized spacial score (nSPS) is 16.4. The molecular formula is C41H54N7O9+. The van der Waals surface area contributed by atoms with E-state index in [1.807, 2.05) is 20.8 Å². The number of quaternary nitrogens is 1. The fourth-order valence-electron chi connectivity index (χ4n) is 7.09. The van der Waals surface area contributed by atoms with Crippen LogP contribution in [0.3, 0.4) is 0 Å². The van der Waals surface area contributed by atoms with Gasteiger partial charge in [0, 0.05) is 37.5 Å². The third-order valence-corrected chi connectivity index (χ3v) is 10.3. The maximum absolute atomic E-state index is 13.4. The SMILES string of the molecule is COc1ccc(CNC(=O)C(=O)[C@@H]2CCCN2C(=O)CNC(=O)c2ccnc3c(NC(=O)CCC[N+]4(C)CCN(C(=O)OC(C)(C)C)CC4)cccc23)cc1OC. The van der Waals surface area contributed by atoms with E-state index in [4.69, 9.17) is 14.2 Å². The molecule has 2 fully saturated rings. The molecule has 2 saturated heterocycles. The Morgan fingerprint density at radius 1 is 0.930 bits per heavy atom. The lowest BCUT2D eigenvalue weighted by molar-refractivity contribution is -0.913. The summed E-state index contributed by atoms with van der Waals surface area (Å²) in [5, 5.41) is 8.71. The Bertz CT molecular complexity index is 1990. The number of ketones is 1. The number of aromatic nitrogens is 1. The first-order valence-electron chi connectivity index (χ1n) is 19.2. The van der Waals surface area contributed by atoms with Crippen molar-refractivity contribution in [2.24, 2.45) is 0 Å². The van der Waals surface area contributed by atoms with E-state index in [0.29, 0.717) is 66.0 Å². The van der Waals surface area contributed by atoms with E-state index in [1.165, 1.54) is 31.4 Å². The van der Waals surface area contributed by atoms with Crippen molar-refractivity contribution < 1.29 is 47.5 Å². The zero-order valence-corrected chi connectivity index (χ0v) is 33.6. The third kappa shape index (κ3) is 11.0. The van der Waals surface area contributed by atoms with E-state index < -0.39 is 35.1 Å². The molecule has 0 radical (unpaired) electrons. The minimum Gasteiger partial charge on any atom is -0.493 e. The van der Waals surface area contributed by atoms with Crippen LogP contribution in [0.5, 0.6) is 11.5 Å². The number of rotatable bonds is 14. The molecule has 306 valence electrons. The van der Waals surface area contributed by atoms with Crippen LogP contribution in [0.25, 0.3) is 10.9 Å². The molecule has 0 saturated carbocycles. The van der Waals surface area contributed by atoms with Crippen molar-refractivity contribution in [3.05, 3.63) is 59.8 Å². The molecule has 3 aromatic rings. The number of likely N-dealkylation sites (N-methyl/N-ethyl adjacent to an activating group) is 1. The lowest BCUT2D eigenvalue weighted by atomic mass is 10.1. The summed E-state index contributed by atoms with van der Waals surface area (Å²) in [7, 11) is 5.15. The predicted octanol–water partition coefficient (Wildman–Crippen LogP) is 3.27. The number of nitrogens with one attached hydrogen (secondary N) is 3. The summed E-state index contributed by atoms with van der Waals surface area (Å²) in [6.45, 7) is 8.99. The van der Waals surface area contributed by atoms with Crippen molar-refractivity contribution in [1.82, 2.24) is 25.4 Å². The molecule has 57 heavy (non-hydrogen) atoms. The average molecular weight is 789 g/mol. The van der Waals surface area contributed by atoms with Gasteiger partial charge in [-0.3, -0.25) is 33.9 Å². The number of carbonyl (C=O) groups is 6. The topological polar surface area (TPSA) is 186 Å². The average Bonchev–Trinajstić information content (AvgIpc) is 3.68. The van der Waals surface area contributed by atoms with Crippen LogP contribution in [0.2, 0.25) is 0 Å². The lowest BCUT2D eigenvalue weighted by Crippen LogP contribution is -2.59. The van der Waals surface area contributed by atoms with Crippen LogP contribution >= 0.6 is 0 Å². The predicted molar refractivity (Wildman–Crippen MR) is 212 cm³/mol. The molecule has 3 heterocycles. The van der Waals surface area contributed by atoms with Crippen molar-refractivity contribution in [3.8, 4) is 11.5 Å². The summed E-state index contributed by atoms with van der Waals surface area (Å²) in [4.78, 5) is 85.7. The first-order valence-corrected chi connectivity index (χ1v) is 19.2. The van der Waals surface area contributed by atoms with Crippen molar-refractivity contribution in [3.63, 3.8) is 0 Å². The monoisotopic (exact) mass is 788 g/mol. The van der Waals surface area contributed by atoms with Crippen LogP contribution in [0.4, 0.5) is 10.5 Å². The van der Waals surface area contributed by atoms with Gasteiger partial charge in [-0.2, -0.15) is 0 Å². The summed E-state index contributed by atoms with van der Waals surface area (Å²) in [5.41, 5.74) is 1.29. The molecule has 3 N–H and O–H groups in total. The standard InChI is InChI=1S/C41H53N7O9/c1-41(2,3)57-40(54)46-19-22-48(4,23-20-46)21-9-13-34(49)45-30-11-7-10-28-29(16-17-42-36(28)30)38(52)44-26-35(50)47-18-8-12-31(47)37(51)39(53)43-25-27-14-15-32(55-5)33(24-27)56-6/h7,10-11,14-17,24,31H,8-9,12-13,18-23,25-26H2,1-6H3,(H2-,43,44,45,49,52,53)/p+1/t31-/m0/s1. The van der Waals surface area contributed by atoms with Crippen LogP contribution < -0.4 is 25.4 Å². The number of amides is 5. The molecule has 1 atom stereocenters. The van der Waals surface area contributed by atoms with Gasteiger partial charge in [0.1, 0.15) is 11.6 Å². The Morgan fingerprint density at radius 2 is 1.67 bits per heavy atom. The number of piperazine rings is 1. The molecule has 0 aliphatic carbocycles. The van der Waals surface area contributed by atoms with Crippen LogP contribution in [-0.4, -0.2) is 133 Å². The maximum Gasteiger partial charge on any atom is 0.410 e. The molecule has 2 aromatic carbocycles. The highest BCUT2D eigenvalue weighted by molar-refractivity contribution is 6.38. The van der Waals surface area contributed by atoms with Crippen LogP contribution in [0, 0.1) is 0 Å². The second-order valence-electron chi connectivity index (χ2n) is 15.6. The minimum absolute atomic E-state index is 0.0742. The molecule has 2 aliphatic heterocycles. The Hall–Kier alpha value is -5.77. The number of likely N-dealkylation sites (tertiary alicyclic amines) is 1. The van der Waals surface area contributed by atoms with Crippen molar-refractivity contribution in [2.75, 3.05) is 72.4 Å². The number of para-hydroxylation sites is 1. The first-order chi connectivity index (χ1) is 27.1. The molecule has 1 aromatic heterocycles. The van der Waals surface area contributed by atoms with Gasteiger partial charge in [-0.25, -0.2) is 4.79 Å². The molecule has 5 amide bonds. The van der Waals surface area contributed by atoms with Gasteiger partial charge in [0.15, 0.2) is 11.5 Å². The van der Waals surface area contributed by atoms with Crippen LogP contribution in [0.1, 0.15) is 62.4 Å². The second kappa shape index (κ2) is 18.4. The smallest absolute Gasteiger partial charge is 0.410 e. The molecule has 0 spiro atoms. The van der Waals surface area contributed by atoms with E-state index in [-0.39, 0.29) is 43.6 Å². The van der Waals surface area contributed by atoms with Gasteiger partial charge < -0.3 is 39.5 Å². The van der Waals surface area contributed by atoms with E-state index in [2.05, 4.69) is 28.0 Å². The van der Waals surface area contributed by atoms with Crippen LogP contribution in [0.15, 0.2) is 48.7 Å². The Balaban J connectivity index is 1.11. The number of nitrogens with zero attached hydrogens (tertiary/aromatic N) is 4. The lowest BCUT2D eigenvalue weighted by Gasteiger charge is -2.42. The minimum atomic E-state index is -0.938. The summed E-state index contributed by atoms with van der Waals surface area (Å²) < 4.78 is 16.8. The molecule has 0 bridgehead atoms. The molecule has 0 unspecified atom stereocenters.